The first-order valence-electron chi connectivity index (χ1n) is 20.7. The van der Waals surface area contributed by atoms with Gasteiger partial charge in [-0.15, -0.1) is 6.58 Å². The maximum Gasteiger partial charge on any atom is 0.302 e. The number of allylic oxidation sites excluding steroid dienone is 3. The maximum absolute atomic E-state index is 12.3. The molecule has 2 aromatic rings. The third kappa shape index (κ3) is 13.6. The summed E-state index contributed by atoms with van der Waals surface area (Å²) in [7, 11) is -3.18. The quantitative estimate of drug-likeness (QED) is 0.0346. The fourth-order valence-electron chi connectivity index (χ4n) is 8.53. The molecule has 0 saturated heterocycles. The summed E-state index contributed by atoms with van der Waals surface area (Å²) in [6.07, 6.45) is 12.0. The van der Waals surface area contributed by atoms with E-state index in [0.717, 1.165) is 24.0 Å². The Labute approximate surface area is 344 Å². The van der Waals surface area contributed by atoms with E-state index in [4.69, 9.17) is 23.1 Å². The highest BCUT2D eigenvalue weighted by atomic mass is 28.4. The van der Waals surface area contributed by atoms with Crippen molar-refractivity contribution in [3.8, 4) is 0 Å². The average molecular weight is 805 g/mol. The van der Waals surface area contributed by atoms with Gasteiger partial charge in [-0.1, -0.05) is 171 Å². The molecule has 0 unspecified atom stereocenters. The summed E-state index contributed by atoms with van der Waals surface area (Å²) in [5.74, 6) is -0.290. The molecule has 0 amide bonds. The van der Waals surface area contributed by atoms with E-state index in [-0.39, 0.29) is 42.0 Å². The topological polar surface area (TPSA) is 63.2 Å². The van der Waals surface area contributed by atoms with Crippen molar-refractivity contribution in [2.75, 3.05) is 20.5 Å². The number of methoxy groups -OCH3 is 1. The van der Waals surface area contributed by atoms with Crippen molar-refractivity contribution in [3.63, 3.8) is 0 Å². The molecule has 0 heterocycles. The van der Waals surface area contributed by atoms with Crippen molar-refractivity contribution in [2.24, 2.45) is 5.92 Å². The fourth-order valence-corrected chi connectivity index (χ4v) is 18.7. The normalized spacial score (nSPS) is 15.7. The molecule has 0 radical (unpaired) electrons. The Morgan fingerprint density at radius 3 is 1.79 bits per heavy atom. The molecular formula is C48H76O6Si2. The molecule has 0 spiro atoms. The molecule has 4 atom stereocenters. The maximum atomic E-state index is 12.3. The van der Waals surface area contributed by atoms with Crippen LogP contribution in [0.5, 0.6) is 0 Å². The Kier molecular flexibility index (Phi) is 20.7. The highest BCUT2D eigenvalue weighted by Crippen LogP contribution is 2.44. The van der Waals surface area contributed by atoms with E-state index < -0.39 is 16.6 Å². The van der Waals surface area contributed by atoms with E-state index in [9.17, 15) is 4.79 Å². The van der Waals surface area contributed by atoms with E-state index in [2.05, 4.69) is 175 Å². The predicted octanol–water partition coefficient (Wildman–Crippen LogP) is 11.5. The molecule has 0 fully saturated rings. The first kappa shape index (κ1) is 49.3. The summed E-state index contributed by atoms with van der Waals surface area (Å²) in [4.78, 5) is 12.3. The Bertz CT molecular complexity index is 1480. The van der Waals surface area contributed by atoms with E-state index >= 15 is 0 Å². The largest absolute Gasteiger partial charge is 0.462 e. The van der Waals surface area contributed by atoms with E-state index in [1.807, 2.05) is 6.08 Å². The Morgan fingerprint density at radius 1 is 0.804 bits per heavy atom. The fraction of sp³-hybridized carbons (Fsp3) is 0.562. The van der Waals surface area contributed by atoms with Gasteiger partial charge in [0.15, 0.2) is 0 Å². The Balaban J connectivity index is 2.21. The molecule has 56 heavy (non-hydrogen) atoms. The standard InChI is InChI=1S/C48H76O6Si2/c1-16-45(54-55(36(2)3,37(4)5)38(6)7)46(51-35-50-15)31-25-17-20-26-39(8)33-47(53-42(11)49)41(10)32-40(9)34-52-56(48(12,13)14,43-27-21-18-22-28-43)44-29-23-19-24-30-44/h16-24,26-30,32,36-38,41,45-47H,1,25,31,33-35H2,2-15H3/b20-17+,39-26+,40-32+/t41-,45+,46+,47-/m1/s1. The number of hydrogen-bond donors (Lipinski definition) is 0. The number of hydrogen-bond acceptors (Lipinski definition) is 6. The van der Waals surface area contributed by atoms with Crippen LogP contribution in [0.25, 0.3) is 0 Å². The minimum Gasteiger partial charge on any atom is -0.462 e. The van der Waals surface area contributed by atoms with Crippen LogP contribution in [-0.4, -0.2) is 61.4 Å². The van der Waals surface area contributed by atoms with Gasteiger partial charge < -0.3 is 23.1 Å². The Hall–Kier alpha value is -2.86. The summed E-state index contributed by atoms with van der Waals surface area (Å²) in [6.45, 7) is 33.3. The van der Waals surface area contributed by atoms with Crippen molar-refractivity contribution in [2.45, 2.75) is 149 Å². The van der Waals surface area contributed by atoms with Crippen LogP contribution in [0, 0.1) is 5.92 Å². The molecule has 8 heteroatoms. The van der Waals surface area contributed by atoms with Gasteiger partial charge in [0.25, 0.3) is 8.32 Å². The van der Waals surface area contributed by atoms with Crippen LogP contribution in [0.1, 0.15) is 109 Å². The third-order valence-electron chi connectivity index (χ3n) is 11.1. The van der Waals surface area contributed by atoms with Gasteiger partial charge in [-0.2, -0.15) is 0 Å². The lowest BCUT2D eigenvalue weighted by Gasteiger charge is -2.45. The molecule has 0 saturated carbocycles. The van der Waals surface area contributed by atoms with Crippen LogP contribution < -0.4 is 10.4 Å². The van der Waals surface area contributed by atoms with Gasteiger partial charge >= 0.3 is 5.97 Å². The molecule has 0 aromatic heterocycles. The number of esters is 1. The van der Waals surface area contributed by atoms with Crippen LogP contribution in [0.2, 0.25) is 21.7 Å². The molecule has 2 aromatic carbocycles. The number of rotatable bonds is 24. The second-order valence-electron chi connectivity index (χ2n) is 17.4. The van der Waals surface area contributed by atoms with Crippen LogP contribution in [0.15, 0.2) is 109 Å². The summed E-state index contributed by atoms with van der Waals surface area (Å²) in [6, 6.07) is 21.4. The first-order valence-corrected chi connectivity index (χ1v) is 24.7. The monoisotopic (exact) mass is 805 g/mol. The zero-order valence-electron chi connectivity index (χ0n) is 37.4. The van der Waals surface area contributed by atoms with Crippen molar-refractivity contribution >= 4 is 33.0 Å². The lowest BCUT2D eigenvalue weighted by atomic mass is 9.95. The van der Waals surface area contributed by atoms with Crippen molar-refractivity contribution < 1.29 is 27.9 Å². The first-order chi connectivity index (χ1) is 26.4. The van der Waals surface area contributed by atoms with Gasteiger partial charge in [0.05, 0.1) is 18.8 Å². The summed E-state index contributed by atoms with van der Waals surface area (Å²) >= 11 is 0. The molecule has 0 N–H and O–H groups in total. The minimum atomic E-state index is -2.68. The van der Waals surface area contributed by atoms with E-state index in [0.29, 0.717) is 29.7 Å². The Morgan fingerprint density at radius 2 is 1.34 bits per heavy atom. The summed E-state index contributed by atoms with van der Waals surface area (Å²) in [5.41, 5.74) is 3.63. The SMILES string of the molecule is C=C[C@H](O[Si](C(C)C)(C(C)C)C(C)C)[C@H](CC/C=C/C=C(\C)C[C@@H](OC(C)=O)[C@H](C)/C=C(\C)CO[Si](c1ccccc1)(c1ccccc1)C(C)(C)C)OCOC. The van der Waals surface area contributed by atoms with Gasteiger partial charge in [-0.25, -0.2) is 0 Å². The molecule has 0 bridgehead atoms. The van der Waals surface area contributed by atoms with Crippen LogP contribution >= 0.6 is 0 Å². The zero-order chi connectivity index (χ0) is 42.1. The molecule has 2 rings (SSSR count). The summed E-state index contributed by atoms with van der Waals surface area (Å²) < 4.78 is 31.7. The van der Waals surface area contributed by atoms with Gasteiger partial charge in [-0.3, -0.25) is 4.79 Å². The second-order valence-corrected chi connectivity index (χ2v) is 27.2. The molecule has 0 aliphatic rings. The molecule has 0 aliphatic carbocycles. The van der Waals surface area contributed by atoms with Gasteiger partial charge in [0.2, 0.25) is 8.32 Å². The number of benzene rings is 2. The molecular weight excluding hydrogens is 729 g/mol. The lowest BCUT2D eigenvalue weighted by Crippen LogP contribution is -2.66. The van der Waals surface area contributed by atoms with Crippen LogP contribution in [0.3, 0.4) is 0 Å². The molecule has 6 nitrogen and oxygen atoms in total. The average Bonchev–Trinajstić information content (AvgIpc) is 3.13. The zero-order valence-corrected chi connectivity index (χ0v) is 39.4. The lowest BCUT2D eigenvalue weighted by molar-refractivity contribution is -0.147. The van der Waals surface area contributed by atoms with Gasteiger partial charge in [0.1, 0.15) is 12.9 Å². The van der Waals surface area contributed by atoms with Crippen molar-refractivity contribution in [1.82, 2.24) is 0 Å². The highest BCUT2D eigenvalue weighted by Gasteiger charge is 2.50. The second kappa shape index (κ2) is 23.5. The van der Waals surface area contributed by atoms with E-state index in [1.165, 1.54) is 17.3 Å². The van der Waals surface area contributed by atoms with E-state index in [1.54, 1.807) is 7.11 Å². The van der Waals surface area contributed by atoms with Crippen molar-refractivity contribution in [1.29, 1.82) is 0 Å². The van der Waals surface area contributed by atoms with Crippen molar-refractivity contribution in [3.05, 3.63) is 109 Å². The number of ether oxygens (including phenoxy) is 3. The van der Waals surface area contributed by atoms with Gasteiger partial charge in [-0.05, 0) is 58.7 Å². The minimum absolute atomic E-state index is 0.0123. The highest BCUT2D eigenvalue weighted by molar-refractivity contribution is 6.99. The predicted molar refractivity (Wildman–Crippen MR) is 242 cm³/mol. The molecule has 312 valence electrons. The van der Waals surface area contributed by atoms with Crippen LogP contribution in [-0.2, 0) is 27.9 Å². The third-order valence-corrected chi connectivity index (χ3v) is 22.2. The smallest absolute Gasteiger partial charge is 0.302 e. The number of carbonyl (C=O) groups excluding carboxylic acids is 1. The summed E-state index contributed by atoms with van der Waals surface area (Å²) in [5, 5.41) is 2.40. The number of carbonyl (C=O) groups is 1. The van der Waals surface area contributed by atoms with Crippen LogP contribution in [0.4, 0.5) is 0 Å². The van der Waals surface area contributed by atoms with Gasteiger partial charge in [0, 0.05) is 26.4 Å². The molecule has 0 aliphatic heterocycles.